The number of nitrogens with zero attached hydrogens (tertiary/aromatic N) is 1. The molecule has 3 rings (SSSR count). The van der Waals surface area contributed by atoms with Crippen molar-refractivity contribution in [2.45, 2.75) is 19.0 Å². The van der Waals surface area contributed by atoms with Gasteiger partial charge in [0, 0.05) is 12.1 Å². The molecular formula is C18H17NO3. The number of amides is 1. The lowest BCUT2D eigenvalue weighted by Gasteiger charge is -2.27. The van der Waals surface area contributed by atoms with Gasteiger partial charge in [-0.1, -0.05) is 48.5 Å². The predicted octanol–water partition coefficient (Wildman–Crippen LogP) is 2.95. The molecule has 22 heavy (non-hydrogen) atoms. The first-order valence-corrected chi connectivity index (χ1v) is 7.21. The van der Waals surface area contributed by atoms with E-state index in [4.69, 9.17) is 4.74 Å². The molecule has 0 bridgehead atoms. The van der Waals surface area contributed by atoms with Gasteiger partial charge in [0.05, 0.1) is 19.6 Å². The lowest BCUT2D eigenvalue weighted by atomic mass is 10.0. The molecule has 1 aliphatic heterocycles. The Morgan fingerprint density at radius 3 is 2.50 bits per heavy atom. The molecule has 0 N–H and O–H groups in total. The number of carbonyl (C=O) groups is 2. The summed E-state index contributed by atoms with van der Waals surface area (Å²) in [6, 6.07) is 16.9. The monoisotopic (exact) mass is 295 g/mol. The Labute approximate surface area is 129 Å². The summed E-state index contributed by atoms with van der Waals surface area (Å²) in [5.41, 5.74) is 2.65. The van der Waals surface area contributed by atoms with E-state index in [9.17, 15) is 9.59 Å². The summed E-state index contributed by atoms with van der Waals surface area (Å²) in [5.74, 6) is -0.356. The lowest BCUT2D eigenvalue weighted by Crippen LogP contribution is -2.31. The fourth-order valence-corrected chi connectivity index (χ4v) is 2.85. The average molecular weight is 295 g/mol. The fourth-order valence-electron chi connectivity index (χ4n) is 2.85. The second-order valence-electron chi connectivity index (χ2n) is 5.30. The molecule has 1 heterocycles. The summed E-state index contributed by atoms with van der Waals surface area (Å²) in [7, 11) is 1.37. The number of esters is 1. The van der Waals surface area contributed by atoms with Gasteiger partial charge in [-0.25, -0.2) is 0 Å². The molecular weight excluding hydrogens is 278 g/mol. The normalized spacial score (nSPS) is 14.6. The minimum absolute atomic E-state index is 0.0339. The Balaban J connectivity index is 1.94. The van der Waals surface area contributed by atoms with Gasteiger partial charge in [0.1, 0.15) is 0 Å². The molecule has 1 unspecified atom stereocenters. The van der Waals surface area contributed by atoms with Crippen molar-refractivity contribution in [2.75, 3.05) is 7.11 Å². The van der Waals surface area contributed by atoms with E-state index in [0.717, 1.165) is 11.1 Å². The van der Waals surface area contributed by atoms with Crippen molar-refractivity contribution in [1.29, 1.82) is 0 Å². The molecule has 0 aromatic heterocycles. The van der Waals surface area contributed by atoms with E-state index in [1.165, 1.54) is 7.11 Å². The van der Waals surface area contributed by atoms with E-state index in [1.54, 1.807) is 4.90 Å². The first-order chi connectivity index (χ1) is 10.7. The molecule has 0 fully saturated rings. The molecule has 2 aromatic carbocycles. The van der Waals surface area contributed by atoms with Crippen LogP contribution in [0.1, 0.15) is 33.9 Å². The number of ether oxygens (including phenoxy) is 1. The SMILES string of the molecule is COC(=O)CC(c1ccccc1)N1Cc2ccccc2C1=O. The third-order valence-corrected chi connectivity index (χ3v) is 4.00. The maximum Gasteiger partial charge on any atom is 0.307 e. The smallest absolute Gasteiger partial charge is 0.307 e. The number of fused-ring (bicyclic) bond motifs is 1. The maximum absolute atomic E-state index is 12.7. The van der Waals surface area contributed by atoms with E-state index < -0.39 is 0 Å². The van der Waals surface area contributed by atoms with Gasteiger partial charge < -0.3 is 9.64 Å². The van der Waals surface area contributed by atoms with E-state index in [2.05, 4.69) is 0 Å². The molecule has 1 amide bonds. The molecule has 2 aromatic rings. The molecule has 112 valence electrons. The van der Waals surface area contributed by atoms with Crippen LogP contribution in [0.4, 0.5) is 0 Å². The zero-order valence-corrected chi connectivity index (χ0v) is 12.4. The minimum atomic E-state index is -0.322. The largest absolute Gasteiger partial charge is 0.469 e. The molecule has 0 radical (unpaired) electrons. The Hall–Kier alpha value is -2.62. The zero-order chi connectivity index (χ0) is 15.5. The second-order valence-corrected chi connectivity index (χ2v) is 5.30. The first-order valence-electron chi connectivity index (χ1n) is 7.21. The van der Waals surface area contributed by atoms with Crippen LogP contribution in [-0.2, 0) is 16.1 Å². The van der Waals surface area contributed by atoms with Crippen LogP contribution in [0.15, 0.2) is 54.6 Å². The first kappa shape index (κ1) is 14.3. The molecule has 4 nitrogen and oxygen atoms in total. The number of hydrogen-bond acceptors (Lipinski definition) is 3. The highest BCUT2D eigenvalue weighted by molar-refractivity contribution is 5.98. The van der Waals surface area contributed by atoms with Crippen LogP contribution < -0.4 is 0 Å². The third-order valence-electron chi connectivity index (χ3n) is 4.00. The standard InChI is InChI=1S/C18H17NO3/c1-22-17(20)11-16(13-7-3-2-4-8-13)19-12-14-9-5-6-10-15(14)18(19)21/h2-10,16H,11-12H2,1H3. The van der Waals surface area contributed by atoms with E-state index in [-0.39, 0.29) is 24.3 Å². The summed E-state index contributed by atoms with van der Waals surface area (Å²) in [6.07, 6.45) is 0.153. The van der Waals surface area contributed by atoms with Crippen molar-refractivity contribution < 1.29 is 14.3 Å². The van der Waals surface area contributed by atoms with Gasteiger partial charge in [-0.2, -0.15) is 0 Å². The molecule has 0 saturated carbocycles. The topological polar surface area (TPSA) is 46.6 Å². The van der Waals surface area contributed by atoms with Crippen molar-refractivity contribution >= 4 is 11.9 Å². The Bertz CT molecular complexity index is 696. The van der Waals surface area contributed by atoms with Crippen molar-refractivity contribution in [3.8, 4) is 0 Å². The van der Waals surface area contributed by atoms with Gasteiger partial charge in [-0.05, 0) is 17.2 Å². The van der Waals surface area contributed by atoms with E-state index >= 15 is 0 Å². The van der Waals surface area contributed by atoms with Crippen LogP contribution in [0.5, 0.6) is 0 Å². The quantitative estimate of drug-likeness (QED) is 0.815. The fraction of sp³-hybridized carbons (Fsp3) is 0.222. The molecule has 0 saturated heterocycles. The summed E-state index contributed by atoms with van der Waals surface area (Å²) in [4.78, 5) is 26.2. The zero-order valence-electron chi connectivity index (χ0n) is 12.4. The number of methoxy groups -OCH3 is 1. The lowest BCUT2D eigenvalue weighted by molar-refractivity contribution is -0.141. The number of rotatable bonds is 4. The van der Waals surface area contributed by atoms with Crippen LogP contribution >= 0.6 is 0 Å². The Morgan fingerprint density at radius 2 is 1.82 bits per heavy atom. The highest BCUT2D eigenvalue weighted by Crippen LogP contribution is 2.33. The molecule has 1 aliphatic rings. The van der Waals surface area contributed by atoms with Crippen LogP contribution in [0.25, 0.3) is 0 Å². The summed E-state index contributed by atoms with van der Waals surface area (Å²) < 4.78 is 4.80. The van der Waals surface area contributed by atoms with Crippen LogP contribution in [0.3, 0.4) is 0 Å². The Kier molecular flexibility index (Phi) is 3.92. The minimum Gasteiger partial charge on any atom is -0.469 e. The molecule has 0 aliphatic carbocycles. The summed E-state index contributed by atoms with van der Waals surface area (Å²) in [5, 5.41) is 0. The van der Waals surface area contributed by atoms with Gasteiger partial charge in [0.25, 0.3) is 5.91 Å². The second kappa shape index (κ2) is 6.02. The van der Waals surface area contributed by atoms with Crippen molar-refractivity contribution in [3.63, 3.8) is 0 Å². The van der Waals surface area contributed by atoms with E-state index in [0.29, 0.717) is 12.1 Å². The van der Waals surface area contributed by atoms with Crippen molar-refractivity contribution in [2.24, 2.45) is 0 Å². The highest BCUT2D eigenvalue weighted by Gasteiger charge is 2.34. The predicted molar refractivity (Wildman–Crippen MR) is 82.1 cm³/mol. The van der Waals surface area contributed by atoms with Crippen LogP contribution in [0.2, 0.25) is 0 Å². The number of benzene rings is 2. The number of hydrogen-bond donors (Lipinski definition) is 0. The highest BCUT2D eigenvalue weighted by atomic mass is 16.5. The van der Waals surface area contributed by atoms with Gasteiger partial charge in [-0.15, -0.1) is 0 Å². The third kappa shape index (κ3) is 2.60. The maximum atomic E-state index is 12.7. The molecule has 4 heteroatoms. The molecule has 0 spiro atoms. The summed E-state index contributed by atoms with van der Waals surface area (Å²) >= 11 is 0. The van der Waals surface area contributed by atoms with Gasteiger partial charge in [0.15, 0.2) is 0 Å². The van der Waals surface area contributed by atoms with Crippen LogP contribution in [-0.4, -0.2) is 23.9 Å². The molecule has 1 atom stereocenters. The Morgan fingerprint density at radius 1 is 1.14 bits per heavy atom. The van der Waals surface area contributed by atoms with Crippen molar-refractivity contribution in [1.82, 2.24) is 4.90 Å². The average Bonchev–Trinajstić information content (AvgIpc) is 2.90. The number of carbonyl (C=O) groups excluding carboxylic acids is 2. The van der Waals surface area contributed by atoms with Crippen molar-refractivity contribution in [3.05, 3.63) is 71.3 Å². The van der Waals surface area contributed by atoms with Gasteiger partial charge in [-0.3, -0.25) is 9.59 Å². The van der Waals surface area contributed by atoms with Crippen LogP contribution in [0, 0.1) is 0 Å². The summed E-state index contributed by atoms with van der Waals surface area (Å²) in [6.45, 7) is 0.519. The van der Waals surface area contributed by atoms with Gasteiger partial charge >= 0.3 is 5.97 Å². The van der Waals surface area contributed by atoms with Gasteiger partial charge in [0.2, 0.25) is 0 Å². The van der Waals surface area contributed by atoms with E-state index in [1.807, 2.05) is 54.6 Å².